The largest absolute Gasteiger partial charge is 0.374 e. The monoisotopic (exact) mass is 432 g/mol. The highest BCUT2D eigenvalue weighted by Crippen LogP contribution is 2.40. The molecule has 32 heavy (non-hydrogen) atoms. The molecule has 0 aliphatic carbocycles. The molecule has 0 saturated carbocycles. The molecule has 3 saturated heterocycles. The highest BCUT2D eigenvalue weighted by atomic mass is 15.2. The van der Waals surface area contributed by atoms with Crippen LogP contribution in [0.5, 0.6) is 0 Å². The Morgan fingerprint density at radius 1 is 0.875 bits per heavy atom. The summed E-state index contributed by atoms with van der Waals surface area (Å²) in [6.45, 7) is 12.8. The summed E-state index contributed by atoms with van der Waals surface area (Å²) < 4.78 is 0. The molecule has 3 N–H and O–H groups in total. The first-order valence-corrected chi connectivity index (χ1v) is 12.3. The van der Waals surface area contributed by atoms with Crippen molar-refractivity contribution < 1.29 is 0 Å². The van der Waals surface area contributed by atoms with Crippen LogP contribution in [0.25, 0.3) is 5.70 Å². The van der Waals surface area contributed by atoms with Gasteiger partial charge in [-0.1, -0.05) is 38.1 Å². The Hall–Kier alpha value is -2.57. The van der Waals surface area contributed by atoms with Gasteiger partial charge in [-0.25, -0.2) is 4.98 Å². The molecule has 170 valence electrons. The molecule has 6 rings (SSSR count). The van der Waals surface area contributed by atoms with Crippen molar-refractivity contribution in [1.82, 2.24) is 20.5 Å². The Bertz CT molecular complexity index is 922. The summed E-state index contributed by atoms with van der Waals surface area (Å²) in [4.78, 5) is 9.79. The number of para-hydroxylation sites is 1. The Balaban J connectivity index is 0.00000105. The quantitative estimate of drug-likeness (QED) is 0.693. The van der Waals surface area contributed by atoms with Crippen LogP contribution in [0.3, 0.4) is 0 Å². The summed E-state index contributed by atoms with van der Waals surface area (Å²) in [7, 11) is 0. The van der Waals surface area contributed by atoms with Gasteiger partial charge < -0.3 is 25.8 Å². The van der Waals surface area contributed by atoms with Crippen molar-refractivity contribution in [2.45, 2.75) is 19.9 Å². The van der Waals surface area contributed by atoms with E-state index in [2.05, 4.69) is 74.4 Å². The van der Waals surface area contributed by atoms with Crippen molar-refractivity contribution in [3.8, 4) is 0 Å². The fourth-order valence-corrected chi connectivity index (χ4v) is 5.46. The minimum Gasteiger partial charge on any atom is -0.374 e. The second-order valence-corrected chi connectivity index (χ2v) is 8.99. The number of aromatic nitrogens is 1. The van der Waals surface area contributed by atoms with E-state index < -0.39 is 0 Å². The third kappa shape index (κ3) is 4.09. The molecular weight excluding hydrogens is 396 g/mol. The van der Waals surface area contributed by atoms with E-state index in [0.717, 1.165) is 70.0 Å². The van der Waals surface area contributed by atoms with Gasteiger partial charge in [-0.05, 0) is 35.6 Å². The number of fused-ring (bicyclic) bond motifs is 2. The van der Waals surface area contributed by atoms with Gasteiger partial charge in [0.15, 0.2) is 0 Å². The first-order valence-electron chi connectivity index (χ1n) is 12.3. The van der Waals surface area contributed by atoms with Crippen LogP contribution in [0.4, 0.5) is 11.5 Å². The molecule has 5 heterocycles. The lowest BCUT2D eigenvalue weighted by atomic mass is 9.97. The normalized spacial score (nSPS) is 26.4. The van der Waals surface area contributed by atoms with Crippen LogP contribution in [0.2, 0.25) is 0 Å². The molecule has 6 nitrogen and oxygen atoms in total. The smallest absolute Gasteiger partial charge is 0.128 e. The van der Waals surface area contributed by atoms with Crippen LogP contribution in [0.15, 0.2) is 48.7 Å². The summed E-state index contributed by atoms with van der Waals surface area (Å²) in [5, 5.41) is 10.7. The third-order valence-electron chi connectivity index (χ3n) is 7.14. The van der Waals surface area contributed by atoms with Crippen LogP contribution in [0, 0.1) is 11.8 Å². The fraction of sp³-hybridized carbons (Fsp3) is 0.500. The molecule has 3 fully saturated rings. The maximum atomic E-state index is 4.81. The van der Waals surface area contributed by atoms with Gasteiger partial charge in [-0.3, -0.25) is 0 Å². The van der Waals surface area contributed by atoms with E-state index in [-0.39, 0.29) is 6.04 Å². The van der Waals surface area contributed by atoms with E-state index in [9.17, 15) is 0 Å². The average molecular weight is 433 g/mol. The zero-order valence-electron chi connectivity index (χ0n) is 19.3. The highest BCUT2D eigenvalue weighted by molar-refractivity contribution is 5.79. The van der Waals surface area contributed by atoms with E-state index >= 15 is 0 Å². The maximum absolute atomic E-state index is 4.81. The summed E-state index contributed by atoms with van der Waals surface area (Å²) in [5.41, 5.74) is 5.16. The molecule has 0 amide bonds. The Morgan fingerprint density at radius 3 is 2.34 bits per heavy atom. The zero-order chi connectivity index (χ0) is 21.9. The zero-order valence-corrected chi connectivity index (χ0v) is 19.3. The molecule has 6 heteroatoms. The number of nitrogens with zero attached hydrogens (tertiary/aromatic N) is 3. The van der Waals surface area contributed by atoms with Gasteiger partial charge in [0, 0.05) is 75.5 Å². The summed E-state index contributed by atoms with van der Waals surface area (Å²) >= 11 is 0. The van der Waals surface area contributed by atoms with Crippen LogP contribution in [-0.2, 0) is 0 Å². The van der Waals surface area contributed by atoms with Crippen molar-refractivity contribution in [1.29, 1.82) is 0 Å². The van der Waals surface area contributed by atoms with Crippen molar-refractivity contribution in [2.24, 2.45) is 11.8 Å². The molecule has 4 aliphatic rings. The van der Waals surface area contributed by atoms with Gasteiger partial charge in [-0.2, -0.15) is 0 Å². The predicted molar refractivity (Wildman–Crippen MR) is 133 cm³/mol. The number of hydrogen-bond donors (Lipinski definition) is 3. The van der Waals surface area contributed by atoms with E-state index in [1.807, 2.05) is 13.8 Å². The lowest BCUT2D eigenvalue weighted by Crippen LogP contribution is -2.43. The lowest BCUT2D eigenvalue weighted by molar-refractivity contribution is 0.444. The molecule has 4 aliphatic heterocycles. The average Bonchev–Trinajstić information content (AvgIpc) is 3.48. The summed E-state index contributed by atoms with van der Waals surface area (Å²) in [6, 6.07) is 13.3. The number of likely N-dealkylation sites (tertiary alicyclic amines) is 1. The number of rotatable bonds is 3. The topological polar surface area (TPSA) is 55.5 Å². The van der Waals surface area contributed by atoms with E-state index in [1.54, 1.807) is 0 Å². The van der Waals surface area contributed by atoms with Gasteiger partial charge in [0.1, 0.15) is 5.82 Å². The minimum absolute atomic E-state index is 0.151. The van der Waals surface area contributed by atoms with Gasteiger partial charge in [-0.15, -0.1) is 0 Å². The molecule has 3 unspecified atom stereocenters. The number of benzene rings is 1. The van der Waals surface area contributed by atoms with Crippen molar-refractivity contribution in [3.63, 3.8) is 0 Å². The lowest BCUT2D eigenvalue weighted by Gasteiger charge is -2.32. The molecule has 0 radical (unpaired) electrons. The molecule has 0 spiro atoms. The molecule has 1 aromatic heterocycles. The van der Waals surface area contributed by atoms with E-state index in [0.29, 0.717) is 0 Å². The molecule has 3 atom stereocenters. The first-order chi connectivity index (χ1) is 15.8. The van der Waals surface area contributed by atoms with Gasteiger partial charge in [0.2, 0.25) is 0 Å². The van der Waals surface area contributed by atoms with Crippen LogP contribution >= 0.6 is 0 Å². The number of anilines is 2. The number of pyridine rings is 1. The summed E-state index contributed by atoms with van der Waals surface area (Å²) in [5.74, 6) is 2.65. The van der Waals surface area contributed by atoms with Crippen LogP contribution in [0.1, 0.15) is 31.0 Å². The van der Waals surface area contributed by atoms with Crippen molar-refractivity contribution >= 4 is 17.2 Å². The third-order valence-corrected chi connectivity index (χ3v) is 7.14. The Kier molecular flexibility index (Phi) is 6.32. The SMILES string of the molecule is C1=C(N2CC3CNCC3C2)c2ccccc2NC1c1ccc(N2CCNCC2)nc1.CC. The second-order valence-electron chi connectivity index (χ2n) is 8.99. The molecular formula is C26H36N6. The number of hydrogen-bond acceptors (Lipinski definition) is 6. The Morgan fingerprint density at radius 2 is 1.62 bits per heavy atom. The standard InChI is InChI=1S/C24H30N6.C2H6/c1-2-4-21-20(3-1)23(30-15-18-12-26-13-19(18)16-30)11-22(28-21)17-5-6-24(27-14-17)29-9-7-25-8-10-29;1-2/h1-6,11,14,18-19,22,25-26,28H,7-10,12-13,15-16H2;1-2H3. The van der Waals surface area contributed by atoms with Crippen molar-refractivity contribution in [2.75, 3.05) is 62.6 Å². The molecule has 0 bridgehead atoms. The van der Waals surface area contributed by atoms with Gasteiger partial charge in [0.05, 0.1) is 6.04 Å². The molecule has 1 aromatic carbocycles. The summed E-state index contributed by atoms with van der Waals surface area (Å²) in [6.07, 6.45) is 4.47. The van der Waals surface area contributed by atoms with Crippen LogP contribution in [-0.4, -0.2) is 62.2 Å². The molecule has 2 aromatic rings. The van der Waals surface area contributed by atoms with Gasteiger partial charge >= 0.3 is 0 Å². The van der Waals surface area contributed by atoms with Crippen molar-refractivity contribution in [3.05, 3.63) is 59.8 Å². The number of nitrogens with one attached hydrogen (secondary N) is 3. The first kappa shape index (κ1) is 21.3. The van der Waals surface area contributed by atoms with Gasteiger partial charge in [0.25, 0.3) is 0 Å². The minimum atomic E-state index is 0.151. The second kappa shape index (κ2) is 9.51. The van der Waals surface area contributed by atoms with E-state index in [4.69, 9.17) is 4.98 Å². The highest BCUT2D eigenvalue weighted by Gasteiger charge is 2.38. The fourth-order valence-electron chi connectivity index (χ4n) is 5.46. The Labute approximate surface area is 192 Å². The predicted octanol–water partition coefficient (Wildman–Crippen LogP) is 3.18. The number of piperazine rings is 1. The van der Waals surface area contributed by atoms with Crippen LogP contribution < -0.4 is 20.9 Å². The van der Waals surface area contributed by atoms with E-state index in [1.165, 1.54) is 22.5 Å². The maximum Gasteiger partial charge on any atom is 0.128 e.